The van der Waals surface area contributed by atoms with E-state index in [-0.39, 0.29) is 5.82 Å². The molecule has 0 amide bonds. The molecule has 1 aromatic carbocycles. The summed E-state index contributed by atoms with van der Waals surface area (Å²) in [4.78, 5) is 4.06. The average molecular weight is 266 g/mol. The first-order valence-corrected chi connectivity index (χ1v) is 5.68. The lowest BCUT2D eigenvalue weighted by atomic mass is 10.0. The third-order valence-electron chi connectivity index (χ3n) is 2.20. The monoisotopic (exact) mass is 265 g/mol. The molecular weight excluding hydrogens is 257 g/mol. The van der Waals surface area contributed by atoms with Gasteiger partial charge in [-0.05, 0) is 34.9 Å². The number of nitrogens with zero attached hydrogens (tertiary/aromatic N) is 1. The van der Waals surface area contributed by atoms with Crippen LogP contribution in [0.5, 0.6) is 0 Å². The van der Waals surface area contributed by atoms with E-state index < -0.39 is 0 Å². The van der Waals surface area contributed by atoms with E-state index >= 15 is 0 Å². The van der Waals surface area contributed by atoms with Gasteiger partial charge in [-0.25, -0.2) is 4.39 Å². The smallest absolute Gasteiger partial charge is 0.123 e. The number of aromatic nitrogens is 1. The van der Waals surface area contributed by atoms with Crippen LogP contribution in [0.15, 0.2) is 42.7 Å². The molecule has 1 nitrogen and oxygen atoms in total. The molecule has 76 valence electrons. The van der Waals surface area contributed by atoms with Crippen molar-refractivity contribution >= 4 is 15.9 Å². The largest absolute Gasteiger partial charge is 0.264 e. The Labute approximate surface area is 96.1 Å². The van der Waals surface area contributed by atoms with Crippen molar-refractivity contribution in [3.63, 3.8) is 0 Å². The van der Waals surface area contributed by atoms with Crippen LogP contribution in [0.25, 0.3) is 11.1 Å². The molecule has 0 fully saturated rings. The molecule has 3 heteroatoms. The molecule has 2 rings (SSSR count). The Balaban J connectivity index is 2.49. The molecule has 0 N–H and O–H groups in total. The van der Waals surface area contributed by atoms with Crippen LogP contribution in [-0.4, -0.2) is 4.98 Å². The minimum atomic E-state index is -0.215. The first-order valence-electron chi connectivity index (χ1n) is 4.56. The molecule has 1 aromatic heterocycles. The Morgan fingerprint density at radius 1 is 1.13 bits per heavy atom. The number of pyridine rings is 1. The molecule has 0 radical (unpaired) electrons. The predicted octanol–water partition coefficient (Wildman–Crippen LogP) is 3.78. The number of rotatable bonds is 2. The molecule has 0 saturated heterocycles. The van der Waals surface area contributed by atoms with Gasteiger partial charge in [-0.3, -0.25) is 4.98 Å². The molecule has 0 atom stereocenters. The average Bonchev–Trinajstić information content (AvgIpc) is 2.30. The van der Waals surface area contributed by atoms with E-state index in [1.807, 2.05) is 12.3 Å². The van der Waals surface area contributed by atoms with Crippen LogP contribution < -0.4 is 0 Å². The summed E-state index contributed by atoms with van der Waals surface area (Å²) in [6.45, 7) is 0. The van der Waals surface area contributed by atoms with Crippen LogP contribution in [0.4, 0.5) is 4.39 Å². The third kappa shape index (κ3) is 2.23. The van der Waals surface area contributed by atoms with Gasteiger partial charge in [-0.1, -0.05) is 28.1 Å². The fraction of sp³-hybridized carbons (Fsp3) is 0.0833. The maximum Gasteiger partial charge on any atom is 0.123 e. The zero-order chi connectivity index (χ0) is 10.7. The Morgan fingerprint density at radius 2 is 1.87 bits per heavy atom. The van der Waals surface area contributed by atoms with Gasteiger partial charge in [-0.15, -0.1) is 0 Å². The van der Waals surface area contributed by atoms with E-state index in [2.05, 4.69) is 20.9 Å². The highest BCUT2D eigenvalue weighted by molar-refractivity contribution is 9.08. The fourth-order valence-corrected chi connectivity index (χ4v) is 1.89. The van der Waals surface area contributed by atoms with Crippen molar-refractivity contribution < 1.29 is 4.39 Å². The van der Waals surface area contributed by atoms with Crippen LogP contribution in [0.3, 0.4) is 0 Å². The van der Waals surface area contributed by atoms with E-state index in [0.717, 1.165) is 22.0 Å². The second-order valence-corrected chi connectivity index (χ2v) is 3.73. The molecule has 0 aliphatic rings. The van der Waals surface area contributed by atoms with Crippen LogP contribution in [-0.2, 0) is 5.33 Å². The standard InChI is InChI=1S/C12H9BrFN/c13-7-10-8-15-6-5-12(10)9-1-3-11(14)4-2-9/h1-6,8H,7H2. The molecule has 2 aromatic rings. The molecule has 0 aliphatic carbocycles. The van der Waals surface area contributed by atoms with Gasteiger partial charge < -0.3 is 0 Å². The minimum absolute atomic E-state index is 0.215. The molecule has 0 saturated carbocycles. The van der Waals surface area contributed by atoms with E-state index in [1.54, 1.807) is 18.3 Å². The van der Waals surface area contributed by atoms with E-state index in [1.165, 1.54) is 12.1 Å². The molecule has 15 heavy (non-hydrogen) atoms. The SMILES string of the molecule is Fc1ccc(-c2ccncc2CBr)cc1. The van der Waals surface area contributed by atoms with Crippen LogP contribution in [0.1, 0.15) is 5.56 Å². The summed E-state index contributed by atoms with van der Waals surface area (Å²) in [5, 5.41) is 0.744. The van der Waals surface area contributed by atoms with Gasteiger partial charge in [0, 0.05) is 17.7 Å². The minimum Gasteiger partial charge on any atom is -0.264 e. The van der Waals surface area contributed by atoms with Gasteiger partial charge in [0.1, 0.15) is 5.82 Å². The maximum atomic E-state index is 12.8. The zero-order valence-corrected chi connectivity index (χ0v) is 9.54. The summed E-state index contributed by atoms with van der Waals surface area (Å²) in [6, 6.07) is 8.42. The van der Waals surface area contributed by atoms with Gasteiger partial charge in [0.2, 0.25) is 0 Å². The van der Waals surface area contributed by atoms with E-state index in [0.29, 0.717) is 0 Å². The van der Waals surface area contributed by atoms with Gasteiger partial charge in [0.15, 0.2) is 0 Å². The lowest BCUT2D eigenvalue weighted by Gasteiger charge is -2.06. The summed E-state index contributed by atoms with van der Waals surface area (Å²) in [5.74, 6) is -0.215. The van der Waals surface area contributed by atoms with Crippen molar-refractivity contribution in [2.75, 3.05) is 0 Å². The summed E-state index contributed by atoms with van der Waals surface area (Å²) in [6.07, 6.45) is 3.55. The van der Waals surface area contributed by atoms with E-state index in [9.17, 15) is 4.39 Å². The molecule has 0 unspecified atom stereocenters. The van der Waals surface area contributed by atoms with Gasteiger partial charge >= 0.3 is 0 Å². The van der Waals surface area contributed by atoms with Crippen molar-refractivity contribution in [3.05, 3.63) is 54.1 Å². The lowest BCUT2D eigenvalue weighted by molar-refractivity contribution is 0.628. The van der Waals surface area contributed by atoms with Crippen molar-refractivity contribution in [1.82, 2.24) is 4.98 Å². The lowest BCUT2D eigenvalue weighted by Crippen LogP contribution is -1.87. The maximum absolute atomic E-state index is 12.8. The molecule has 1 heterocycles. The summed E-state index contributed by atoms with van der Waals surface area (Å²) in [5.41, 5.74) is 3.19. The highest BCUT2D eigenvalue weighted by Gasteiger charge is 2.03. The number of alkyl halides is 1. The van der Waals surface area contributed by atoms with Crippen LogP contribution in [0.2, 0.25) is 0 Å². The topological polar surface area (TPSA) is 12.9 Å². The Morgan fingerprint density at radius 3 is 2.53 bits per heavy atom. The number of hydrogen-bond acceptors (Lipinski definition) is 1. The van der Waals surface area contributed by atoms with Crippen molar-refractivity contribution in [2.24, 2.45) is 0 Å². The second kappa shape index (κ2) is 4.53. The molecule has 0 aliphatic heterocycles. The van der Waals surface area contributed by atoms with Crippen molar-refractivity contribution in [1.29, 1.82) is 0 Å². The third-order valence-corrected chi connectivity index (χ3v) is 2.81. The Bertz CT molecular complexity index is 453. The zero-order valence-electron chi connectivity index (χ0n) is 7.95. The second-order valence-electron chi connectivity index (χ2n) is 3.17. The molecular formula is C12H9BrFN. The van der Waals surface area contributed by atoms with Gasteiger partial charge in [-0.2, -0.15) is 0 Å². The Kier molecular flexibility index (Phi) is 3.11. The first kappa shape index (κ1) is 10.3. The fourth-order valence-electron chi connectivity index (χ4n) is 1.44. The van der Waals surface area contributed by atoms with Crippen molar-refractivity contribution in [3.8, 4) is 11.1 Å². The Hall–Kier alpha value is -1.22. The predicted molar refractivity (Wildman–Crippen MR) is 62.3 cm³/mol. The summed E-state index contributed by atoms with van der Waals surface area (Å²) in [7, 11) is 0. The first-order chi connectivity index (χ1) is 7.31. The molecule has 0 bridgehead atoms. The van der Waals surface area contributed by atoms with Crippen molar-refractivity contribution in [2.45, 2.75) is 5.33 Å². The highest BCUT2D eigenvalue weighted by atomic mass is 79.9. The summed E-state index contributed by atoms with van der Waals surface area (Å²) >= 11 is 3.41. The normalized spacial score (nSPS) is 10.3. The number of halogens is 2. The van der Waals surface area contributed by atoms with E-state index in [4.69, 9.17) is 0 Å². The highest BCUT2D eigenvalue weighted by Crippen LogP contribution is 2.24. The number of hydrogen-bond donors (Lipinski definition) is 0. The van der Waals surface area contributed by atoms with Gasteiger partial charge in [0.05, 0.1) is 0 Å². The number of benzene rings is 1. The quantitative estimate of drug-likeness (QED) is 0.754. The molecule has 0 spiro atoms. The van der Waals surface area contributed by atoms with Crippen LogP contribution >= 0.6 is 15.9 Å². The van der Waals surface area contributed by atoms with Crippen LogP contribution in [0, 0.1) is 5.82 Å². The summed E-state index contributed by atoms with van der Waals surface area (Å²) < 4.78 is 12.8. The van der Waals surface area contributed by atoms with Gasteiger partial charge in [0.25, 0.3) is 0 Å².